The van der Waals surface area contributed by atoms with E-state index in [1.54, 1.807) is 0 Å². The Labute approximate surface area is 111 Å². The minimum Gasteiger partial charge on any atom is -0.367 e. The molecule has 0 spiro atoms. The summed E-state index contributed by atoms with van der Waals surface area (Å²) in [6.07, 6.45) is 2.47. The summed E-state index contributed by atoms with van der Waals surface area (Å²) in [4.78, 5) is 2.54. The molecule has 0 fully saturated rings. The molecule has 1 N–H and O–H groups in total. The number of benzene rings is 1. The highest BCUT2D eigenvalue weighted by molar-refractivity contribution is 5.58. The molecule has 2 nitrogen and oxygen atoms in total. The Morgan fingerprint density at radius 2 is 2.00 bits per heavy atom. The smallest absolute Gasteiger partial charge is 0.0402 e. The molecule has 2 rings (SSSR count). The Morgan fingerprint density at radius 1 is 1.22 bits per heavy atom. The molecule has 1 aromatic rings. The molecule has 1 aliphatic rings. The molecule has 0 saturated carbocycles. The molecule has 0 radical (unpaired) electrons. The maximum absolute atomic E-state index is 3.58. The average Bonchev–Trinajstić information content (AvgIpc) is 2.78. The molecule has 0 aliphatic carbocycles. The summed E-state index contributed by atoms with van der Waals surface area (Å²) in [5.41, 5.74) is 2.95. The van der Waals surface area contributed by atoms with Crippen molar-refractivity contribution in [3.8, 4) is 0 Å². The molecule has 0 saturated heterocycles. The summed E-state index contributed by atoms with van der Waals surface area (Å²) in [5, 5.41) is 3.58. The molecule has 100 valence electrons. The van der Waals surface area contributed by atoms with Gasteiger partial charge in [-0.3, -0.25) is 0 Å². The maximum Gasteiger partial charge on any atom is 0.0402 e. The van der Waals surface area contributed by atoms with Crippen molar-refractivity contribution < 1.29 is 0 Å². The molecule has 1 atom stereocenters. The van der Waals surface area contributed by atoms with Gasteiger partial charge in [0.25, 0.3) is 0 Å². The van der Waals surface area contributed by atoms with Crippen molar-refractivity contribution in [3.05, 3.63) is 29.8 Å². The fourth-order valence-corrected chi connectivity index (χ4v) is 2.63. The summed E-state index contributed by atoms with van der Waals surface area (Å²) < 4.78 is 0. The van der Waals surface area contributed by atoms with Crippen LogP contribution in [0.15, 0.2) is 24.3 Å². The number of hydrogen-bond donors (Lipinski definition) is 1. The summed E-state index contributed by atoms with van der Waals surface area (Å²) in [5.74, 6) is 0.792. The third kappa shape index (κ3) is 3.26. The molecule has 1 aromatic carbocycles. The van der Waals surface area contributed by atoms with Crippen molar-refractivity contribution in [1.29, 1.82) is 0 Å². The van der Waals surface area contributed by atoms with E-state index in [9.17, 15) is 0 Å². The van der Waals surface area contributed by atoms with Crippen molar-refractivity contribution in [2.45, 2.75) is 39.7 Å². The lowest BCUT2D eigenvalue weighted by Gasteiger charge is -2.27. The van der Waals surface area contributed by atoms with Crippen LogP contribution in [-0.4, -0.2) is 25.7 Å². The Kier molecular flexibility index (Phi) is 4.65. The molecular formula is C16H26N2. The summed E-state index contributed by atoms with van der Waals surface area (Å²) in [6, 6.07) is 9.39. The zero-order valence-electron chi connectivity index (χ0n) is 11.9. The number of para-hydroxylation sites is 1. The third-order valence-corrected chi connectivity index (χ3v) is 3.79. The van der Waals surface area contributed by atoms with Crippen molar-refractivity contribution in [3.63, 3.8) is 0 Å². The highest BCUT2D eigenvalue weighted by atomic mass is 15.2. The standard InChI is InChI=1S/C16H26N2/c1-13(2)8-10-17-12-14(3)18-11-9-15-6-4-5-7-16(15)18/h4-7,13-14,17H,8-12H2,1-3H3. The van der Waals surface area contributed by atoms with Crippen LogP contribution in [0.3, 0.4) is 0 Å². The van der Waals surface area contributed by atoms with Crippen LogP contribution in [0.1, 0.15) is 32.8 Å². The van der Waals surface area contributed by atoms with Gasteiger partial charge in [0.15, 0.2) is 0 Å². The van der Waals surface area contributed by atoms with Gasteiger partial charge in [-0.2, -0.15) is 0 Å². The number of hydrogen-bond acceptors (Lipinski definition) is 2. The topological polar surface area (TPSA) is 15.3 Å². The first-order valence-electron chi connectivity index (χ1n) is 7.23. The number of rotatable bonds is 6. The van der Waals surface area contributed by atoms with E-state index in [-0.39, 0.29) is 0 Å². The fourth-order valence-electron chi connectivity index (χ4n) is 2.63. The SMILES string of the molecule is CC(C)CCNCC(C)N1CCc2ccccc21. The maximum atomic E-state index is 3.58. The van der Waals surface area contributed by atoms with Crippen molar-refractivity contribution >= 4 is 5.69 Å². The third-order valence-electron chi connectivity index (χ3n) is 3.79. The number of nitrogens with one attached hydrogen (secondary N) is 1. The van der Waals surface area contributed by atoms with Crippen LogP contribution >= 0.6 is 0 Å². The van der Waals surface area contributed by atoms with Gasteiger partial charge in [-0.15, -0.1) is 0 Å². The predicted molar refractivity (Wildman–Crippen MR) is 79.3 cm³/mol. The van der Waals surface area contributed by atoms with Gasteiger partial charge in [0, 0.05) is 24.8 Å². The van der Waals surface area contributed by atoms with E-state index in [0.29, 0.717) is 6.04 Å². The average molecular weight is 246 g/mol. The van der Waals surface area contributed by atoms with Gasteiger partial charge in [0.05, 0.1) is 0 Å². The van der Waals surface area contributed by atoms with Crippen LogP contribution in [0, 0.1) is 5.92 Å². The van der Waals surface area contributed by atoms with Crippen LogP contribution < -0.4 is 10.2 Å². The second-order valence-electron chi connectivity index (χ2n) is 5.81. The molecule has 0 aromatic heterocycles. The van der Waals surface area contributed by atoms with E-state index in [1.165, 1.54) is 30.6 Å². The lowest BCUT2D eigenvalue weighted by atomic mass is 10.1. The molecule has 18 heavy (non-hydrogen) atoms. The van der Waals surface area contributed by atoms with Crippen molar-refractivity contribution in [1.82, 2.24) is 5.32 Å². The van der Waals surface area contributed by atoms with Gasteiger partial charge in [0.1, 0.15) is 0 Å². The van der Waals surface area contributed by atoms with Gasteiger partial charge in [-0.1, -0.05) is 32.0 Å². The predicted octanol–water partition coefficient (Wildman–Crippen LogP) is 3.07. The Hall–Kier alpha value is -1.02. The molecule has 1 unspecified atom stereocenters. The normalized spacial score (nSPS) is 16.1. The van der Waals surface area contributed by atoms with E-state index in [4.69, 9.17) is 0 Å². The molecule has 2 heteroatoms. The van der Waals surface area contributed by atoms with Gasteiger partial charge in [0.2, 0.25) is 0 Å². The Bertz CT molecular complexity index is 373. The minimum atomic E-state index is 0.584. The van der Waals surface area contributed by atoms with Crippen LogP contribution in [-0.2, 0) is 6.42 Å². The molecule has 1 aliphatic heterocycles. The zero-order chi connectivity index (χ0) is 13.0. The van der Waals surface area contributed by atoms with Gasteiger partial charge in [-0.05, 0) is 43.9 Å². The molecule has 1 heterocycles. The summed E-state index contributed by atoms with van der Waals surface area (Å²) in [7, 11) is 0. The van der Waals surface area contributed by atoms with Gasteiger partial charge in [-0.25, -0.2) is 0 Å². The first-order valence-corrected chi connectivity index (χ1v) is 7.23. The van der Waals surface area contributed by atoms with Crippen LogP contribution in [0.2, 0.25) is 0 Å². The number of nitrogens with zero attached hydrogens (tertiary/aromatic N) is 1. The van der Waals surface area contributed by atoms with Crippen molar-refractivity contribution in [2.75, 3.05) is 24.5 Å². The molecular weight excluding hydrogens is 220 g/mol. The first kappa shape index (κ1) is 13.4. The largest absolute Gasteiger partial charge is 0.367 e. The van der Waals surface area contributed by atoms with E-state index < -0.39 is 0 Å². The zero-order valence-corrected chi connectivity index (χ0v) is 11.9. The quantitative estimate of drug-likeness (QED) is 0.776. The fraction of sp³-hybridized carbons (Fsp3) is 0.625. The second kappa shape index (κ2) is 6.24. The Balaban J connectivity index is 1.82. The van der Waals surface area contributed by atoms with Crippen LogP contribution in [0.4, 0.5) is 5.69 Å². The lowest BCUT2D eigenvalue weighted by Crippen LogP contribution is -2.39. The monoisotopic (exact) mass is 246 g/mol. The molecule has 0 bridgehead atoms. The van der Waals surface area contributed by atoms with Crippen LogP contribution in [0.5, 0.6) is 0 Å². The molecule has 0 amide bonds. The summed E-state index contributed by atoms with van der Waals surface area (Å²) in [6.45, 7) is 10.3. The lowest BCUT2D eigenvalue weighted by molar-refractivity contribution is 0.510. The highest BCUT2D eigenvalue weighted by Crippen LogP contribution is 2.28. The van der Waals surface area contributed by atoms with Gasteiger partial charge >= 0.3 is 0 Å². The minimum absolute atomic E-state index is 0.584. The second-order valence-corrected chi connectivity index (χ2v) is 5.81. The van der Waals surface area contributed by atoms with Crippen LogP contribution in [0.25, 0.3) is 0 Å². The van der Waals surface area contributed by atoms with E-state index in [1.807, 2.05) is 0 Å². The van der Waals surface area contributed by atoms with E-state index >= 15 is 0 Å². The first-order chi connectivity index (χ1) is 8.68. The summed E-state index contributed by atoms with van der Waals surface area (Å²) >= 11 is 0. The van der Waals surface area contributed by atoms with Crippen molar-refractivity contribution in [2.24, 2.45) is 5.92 Å². The highest BCUT2D eigenvalue weighted by Gasteiger charge is 2.22. The Morgan fingerprint density at radius 3 is 2.78 bits per heavy atom. The number of anilines is 1. The van der Waals surface area contributed by atoms with E-state index in [0.717, 1.165) is 19.0 Å². The number of fused-ring (bicyclic) bond motifs is 1. The van der Waals surface area contributed by atoms with E-state index in [2.05, 4.69) is 55.3 Å². The van der Waals surface area contributed by atoms with Gasteiger partial charge < -0.3 is 10.2 Å².